The lowest BCUT2D eigenvalue weighted by molar-refractivity contribution is 0.669. The molecule has 0 spiro atoms. The van der Waals surface area contributed by atoms with Gasteiger partial charge in [0.15, 0.2) is 34.9 Å². The van der Waals surface area contributed by atoms with Crippen LogP contribution in [-0.2, 0) is 5.41 Å². The Morgan fingerprint density at radius 2 is 0.689 bits per heavy atom. The summed E-state index contributed by atoms with van der Waals surface area (Å²) in [5, 5.41) is 1.90. The van der Waals surface area contributed by atoms with Gasteiger partial charge in [-0.15, -0.1) is 0 Å². The number of furan rings is 1. The average molecular weight is 947 g/mol. The van der Waals surface area contributed by atoms with Crippen LogP contribution in [0.4, 0.5) is 0 Å². The molecule has 7 heteroatoms. The molecule has 0 unspecified atom stereocenters. The Hall–Kier alpha value is -9.98. The summed E-state index contributed by atoms with van der Waals surface area (Å²) in [4.78, 5) is 31.0. The minimum atomic E-state index is -0.666. The lowest BCUT2D eigenvalue weighted by Gasteiger charge is -2.34. The highest BCUT2D eigenvalue weighted by Gasteiger charge is 2.47. The first kappa shape index (κ1) is 42.9. The highest BCUT2D eigenvalue weighted by atomic mass is 16.3. The zero-order valence-corrected chi connectivity index (χ0v) is 39.8. The molecule has 0 aliphatic heterocycles. The van der Waals surface area contributed by atoms with E-state index in [1.165, 1.54) is 16.7 Å². The van der Waals surface area contributed by atoms with Gasteiger partial charge in [-0.05, 0) is 68.8 Å². The number of rotatable bonds is 9. The van der Waals surface area contributed by atoms with Crippen molar-refractivity contribution in [1.82, 2.24) is 29.9 Å². The van der Waals surface area contributed by atoms with Crippen molar-refractivity contribution >= 4 is 21.9 Å². The second-order valence-corrected chi connectivity index (χ2v) is 18.5. The Morgan fingerprint density at radius 1 is 0.270 bits per heavy atom. The second kappa shape index (κ2) is 17.7. The van der Waals surface area contributed by atoms with Crippen molar-refractivity contribution < 1.29 is 4.42 Å². The normalized spacial score (nSPS) is 12.4. The van der Waals surface area contributed by atoms with Crippen LogP contribution in [-0.4, -0.2) is 29.9 Å². The number of fused-ring (bicyclic) bond motifs is 6. The molecule has 0 amide bonds. The fraction of sp³-hybridized carbons (Fsp3) is 0.0149. The topological polar surface area (TPSA) is 90.5 Å². The van der Waals surface area contributed by atoms with E-state index < -0.39 is 5.41 Å². The van der Waals surface area contributed by atoms with E-state index in [0.717, 1.165) is 83.1 Å². The van der Waals surface area contributed by atoms with Gasteiger partial charge in [-0.3, -0.25) is 0 Å². The molecule has 0 saturated heterocycles. The standard InChI is InChI=1S/C67H42N6O/c1-7-21-43(22-8-1)61-68-62(44-23-9-2-10-24-44)71-65(70-61)51-33-19-35-56-59(51)53-41-47(37-39-55(53)67(56,49-29-15-5-16-30-49)50-31-17-6-18-32-50)48-38-40-57-54(42-48)60-52(34-20-36-58(60)74-57)66-72-63(45-25-11-3-12-26-45)69-64(73-66)46-27-13-4-14-28-46/h1-42H. The SMILES string of the molecule is c1ccc(-c2nc(-c3ccccc3)nc(-c3cccc4c3-c3cc(-c5ccc6oc7cccc(-c8nc(-c9ccccc9)nc(-c9ccccc9)n8)c7c6c5)ccc3C4(c3ccccc3)c3ccccc3)n2)cc1. The van der Waals surface area contributed by atoms with Crippen LogP contribution < -0.4 is 0 Å². The Balaban J connectivity index is 0.993. The molecule has 0 N–H and O–H groups in total. The molecule has 1 aliphatic rings. The quantitative estimate of drug-likeness (QED) is 0.142. The van der Waals surface area contributed by atoms with Crippen LogP contribution in [0.5, 0.6) is 0 Å². The summed E-state index contributed by atoms with van der Waals surface area (Å²) < 4.78 is 6.64. The predicted octanol–water partition coefficient (Wildman–Crippen LogP) is 16.0. The lowest BCUT2D eigenvalue weighted by atomic mass is 9.67. The average Bonchev–Trinajstić information content (AvgIpc) is 4.02. The van der Waals surface area contributed by atoms with Gasteiger partial charge in [-0.2, -0.15) is 0 Å². The van der Waals surface area contributed by atoms with Crippen molar-refractivity contribution in [3.63, 3.8) is 0 Å². The Kier molecular flexibility index (Phi) is 10.3. The molecule has 3 heterocycles. The molecule has 0 radical (unpaired) electrons. The molecular formula is C67H42N6O. The van der Waals surface area contributed by atoms with Crippen molar-refractivity contribution in [3.05, 3.63) is 277 Å². The monoisotopic (exact) mass is 946 g/mol. The van der Waals surface area contributed by atoms with Gasteiger partial charge < -0.3 is 4.42 Å². The van der Waals surface area contributed by atoms with Gasteiger partial charge >= 0.3 is 0 Å². The van der Waals surface area contributed by atoms with Crippen molar-refractivity contribution in [3.8, 4) is 90.6 Å². The third-order valence-electron chi connectivity index (χ3n) is 14.3. The van der Waals surface area contributed by atoms with E-state index in [4.69, 9.17) is 34.3 Å². The minimum Gasteiger partial charge on any atom is -0.456 e. The van der Waals surface area contributed by atoms with E-state index in [2.05, 4.69) is 146 Å². The van der Waals surface area contributed by atoms with Gasteiger partial charge in [-0.25, -0.2) is 29.9 Å². The summed E-state index contributed by atoms with van der Waals surface area (Å²) in [6.45, 7) is 0. The van der Waals surface area contributed by atoms with Gasteiger partial charge in [0.25, 0.3) is 0 Å². The Morgan fingerprint density at radius 3 is 1.20 bits per heavy atom. The zero-order valence-electron chi connectivity index (χ0n) is 39.8. The molecule has 3 aromatic heterocycles. The van der Waals surface area contributed by atoms with Crippen molar-refractivity contribution in [2.75, 3.05) is 0 Å². The Bertz CT molecular complexity index is 4070. The summed E-state index contributed by atoms with van der Waals surface area (Å²) in [6, 6.07) is 88.4. The van der Waals surface area contributed by atoms with E-state index in [-0.39, 0.29) is 0 Å². The van der Waals surface area contributed by atoms with Crippen LogP contribution in [0.1, 0.15) is 22.3 Å². The van der Waals surface area contributed by atoms with Crippen LogP contribution in [0.3, 0.4) is 0 Å². The molecule has 14 rings (SSSR count). The number of hydrogen-bond acceptors (Lipinski definition) is 7. The van der Waals surface area contributed by atoms with E-state index in [1.54, 1.807) is 0 Å². The smallest absolute Gasteiger partial charge is 0.164 e. The van der Waals surface area contributed by atoms with Gasteiger partial charge in [0.05, 0.1) is 5.41 Å². The minimum absolute atomic E-state index is 0.570. The molecule has 346 valence electrons. The molecule has 10 aromatic carbocycles. The summed E-state index contributed by atoms with van der Waals surface area (Å²) in [5.41, 5.74) is 15.3. The van der Waals surface area contributed by atoms with E-state index in [1.807, 2.05) is 109 Å². The molecule has 74 heavy (non-hydrogen) atoms. The van der Waals surface area contributed by atoms with Gasteiger partial charge in [0.1, 0.15) is 11.2 Å². The maximum atomic E-state index is 6.64. The lowest BCUT2D eigenvalue weighted by Crippen LogP contribution is -2.28. The highest BCUT2D eigenvalue weighted by Crippen LogP contribution is 2.59. The van der Waals surface area contributed by atoms with Gasteiger partial charge in [-0.1, -0.05) is 231 Å². The fourth-order valence-electron chi connectivity index (χ4n) is 11.0. The first-order valence-electron chi connectivity index (χ1n) is 24.8. The fourth-order valence-corrected chi connectivity index (χ4v) is 11.0. The second-order valence-electron chi connectivity index (χ2n) is 18.5. The first-order valence-corrected chi connectivity index (χ1v) is 24.8. The van der Waals surface area contributed by atoms with Gasteiger partial charge in [0, 0.05) is 44.2 Å². The maximum absolute atomic E-state index is 6.64. The molecule has 0 fully saturated rings. The van der Waals surface area contributed by atoms with Crippen LogP contribution in [0.2, 0.25) is 0 Å². The van der Waals surface area contributed by atoms with Crippen molar-refractivity contribution in [1.29, 1.82) is 0 Å². The van der Waals surface area contributed by atoms with Crippen LogP contribution in [0, 0.1) is 0 Å². The Labute approximate surface area is 427 Å². The summed E-state index contributed by atoms with van der Waals surface area (Å²) in [5.74, 6) is 3.60. The van der Waals surface area contributed by atoms with Crippen LogP contribution >= 0.6 is 0 Å². The third kappa shape index (κ3) is 7.13. The molecule has 7 nitrogen and oxygen atoms in total. The predicted molar refractivity (Wildman–Crippen MR) is 296 cm³/mol. The highest BCUT2D eigenvalue weighted by molar-refractivity contribution is 6.13. The third-order valence-corrected chi connectivity index (χ3v) is 14.3. The van der Waals surface area contributed by atoms with E-state index >= 15 is 0 Å². The van der Waals surface area contributed by atoms with Crippen molar-refractivity contribution in [2.45, 2.75) is 5.41 Å². The number of benzene rings is 10. The van der Waals surface area contributed by atoms with E-state index in [9.17, 15) is 0 Å². The maximum Gasteiger partial charge on any atom is 0.164 e. The van der Waals surface area contributed by atoms with Crippen LogP contribution in [0.25, 0.3) is 113 Å². The molecule has 0 atom stereocenters. The summed E-state index contributed by atoms with van der Waals surface area (Å²) >= 11 is 0. The summed E-state index contributed by atoms with van der Waals surface area (Å²) in [7, 11) is 0. The van der Waals surface area contributed by atoms with Crippen LogP contribution in [0.15, 0.2) is 259 Å². The molecule has 0 bridgehead atoms. The van der Waals surface area contributed by atoms with Crippen molar-refractivity contribution in [2.24, 2.45) is 0 Å². The molecule has 1 aliphatic carbocycles. The van der Waals surface area contributed by atoms with Gasteiger partial charge in [0.2, 0.25) is 0 Å². The zero-order chi connectivity index (χ0) is 49.0. The first-order chi connectivity index (χ1) is 36.7. The number of hydrogen-bond donors (Lipinski definition) is 0. The number of aromatic nitrogens is 6. The number of nitrogens with zero attached hydrogens (tertiary/aromatic N) is 6. The molecular weight excluding hydrogens is 905 g/mol. The molecule has 0 saturated carbocycles. The summed E-state index contributed by atoms with van der Waals surface area (Å²) in [6.07, 6.45) is 0. The van der Waals surface area contributed by atoms with E-state index in [0.29, 0.717) is 34.9 Å². The largest absolute Gasteiger partial charge is 0.456 e. The molecule has 13 aromatic rings.